The van der Waals surface area contributed by atoms with E-state index in [-0.39, 0.29) is 23.8 Å². The van der Waals surface area contributed by atoms with Gasteiger partial charge in [0.1, 0.15) is 5.75 Å². The van der Waals surface area contributed by atoms with Crippen molar-refractivity contribution < 1.29 is 14.6 Å². The van der Waals surface area contributed by atoms with Crippen molar-refractivity contribution in [1.29, 1.82) is 0 Å². The number of phenolic OH excluding ortho intramolecular Hbond substituents is 1. The summed E-state index contributed by atoms with van der Waals surface area (Å²) in [6.07, 6.45) is 1.33. The molecule has 1 aromatic rings. The van der Waals surface area contributed by atoms with Gasteiger partial charge in [0.25, 0.3) is 0 Å². The zero-order chi connectivity index (χ0) is 13.8. The fourth-order valence-electron chi connectivity index (χ4n) is 2.43. The number of amides is 1. The Kier molecular flexibility index (Phi) is 4.43. The monoisotopic (exact) mass is 263 g/mol. The molecule has 104 valence electrons. The normalized spacial score (nSPS) is 23.4. The molecule has 1 N–H and O–H groups in total. The molecule has 2 atom stereocenters. The van der Waals surface area contributed by atoms with Crippen LogP contribution in [0.3, 0.4) is 0 Å². The van der Waals surface area contributed by atoms with Crippen LogP contribution in [0.25, 0.3) is 0 Å². The summed E-state index contributed by atoms with van der Waals surface area (Å²) in [7, 11) is 0. The first kappa shape index (κ1) is 13.9. The van der Waals surface area contributed by atoms with Crippen molar-refractivity contribution in [3.8, 4) is 5.75 Å². The van der Waals surface area contributed by atoms with Crippen molar-refractivity contribution in [2.24, 2.45) is 0 Å². The summed E-state index contributed by atoms with van der Waals surface area (Å²) in [6, 6.07) is 7.04. The van der Waals surface area contributed by atoms with Crippen LogP contribution in [0.15, 0.2) is 24.3 Å². The van der Waals surface area contributed by atoms with Gasteiger partial charge in [-0.15, -0.1) is 0 Å². The molecule has 1 aromatic carbocycles. The highest BCUT2D eigenvalue weighted by atomic mass is 16.5. The van der Waals surface area contributed by atoms with Gasteiger partial charge < -0.3 is 14.7 Å². The van der Waals surface area contributed by atoms with Crippen LogP contribution in [0.4, 0.5) is 0 Å². The minimum absolute atomic E-state index is 0.0935. The van der Waals surface area contributed by atoms with Crippen LogP contribution >= 0.6 is 0 Å². The van der Waals surface area contributed by atoms with E-state index in [0.717, 1.165) is 12.0 Å². The summed E-state index contributed by atoms with van der Waals surface area (Å²) in [5.74, 6) is 0.306. The van der Waals surface area contributed by atoms with E-state index in [0.29, 0.717) is 19.6 Å². The molecule has 1 fully saturated rings. The second kappa shape index (κ2) is 6.06. The number of aromatic hydroxyl groups is 1. The lowest BCUT2D eigenvalue weighted by molar-refractivity contribution is -0.143. The molecule has 0 aliphatic carbocycles. The number of hydrogen-bond donors (Lipinski definition) is 1. The van der Waals surface area contributed by atoms with E-state index in [2.05, 4.69) is 6.92 Å². The Balaban J connectivity index is 2.05. The van der Waals surface area contributed by atoms with Gasteiger partial charge in [0.05, 0.1) is 25.2 Å². The molecule has 1 aliphatic rings. The van der Waals surface area contributed by atoms with E-state index in [9.17, 15) is 9.90 Å². The topological polar surface area (TPSA) is 49.8 Å². The molecule has 19 heavy (non-hydrogen) atoms. The zero-order valence-electron chi connectivity index (χ0n) is 11.5. The van der Waals surface area contributed by atoms with Gasteiger partial charge in [-0.1, -0.05) is 19.1 Å². The number of nitrogens with zero attached hydrogens (tertiary/aromatic N) is 1. The minimum Gasteiger partial charge on any atom is -0.508 e. The number of phenols is 1. The third-order valence-electron chi connectivity index (χ3n) is 3.53. The fraction of sp³-hybridized carbons (Fsp3) is 0.533. The molecule has 4 heteroatoms. The molecular formula is C15H21NO3. The maximum Gasteiger partial charge on any atom is 0.227 e. The zero-order valence-corrected chi connectivity index (χ0v) is 11.5. The Hall–Kier alpha value is -1.55. The van der Waals surface area contributed by atoms with Gasteiger partial charge in [0, 0.05) is 6.54 Å². The summed E-state index contributed by atoms with van der Waals surface area (Å²) < 4.78 is 5.60. The average molecular weight is 263 g/mol. The van der Waals surface area contributed by atoms with E-state index in [1.54, 1.807) is 18.2 Å². The molecule has 0 bridgehead atoms. The van der Waals surface area contributed by atoms with E-state index >= 15 is 0 Å². The Labute approximate surface area is 114 Å². The van der Waals surface area contributed by atoms with Crippen LogP contribution in [0.1, 0.15) is 25.8 Å². The van der Waals surface area contributed by atoms with Crippen molar-refractivity contribution in [1.82, 2.24) is 4.90 Å². The van der Waals surface area contributed by atoms with Crippen LogP contribution in [-0.4, -0.2) is 41.2 Å². The average Bonchev–Trinajstić information content (AvgIpc) is 2.38. The molecule has 1 amide bonds. The lowest BCUT2D eigenvalue weighted by atomic mass is 10.1. The molecule has 0 radical (unpaired) electrons. The summed E-state index contributed by atoms with van der Waals surface area (Å²) in [6.45, 7) is 5.32. The molecule has 1 aliphatic heterocycles. The number of benzene rings is 1. The van der Waals surface area contributed by atoms with E-state index in [1.807, 2.05) is 17.9 Å². The highest BCUT2D eigenvalue weighted by molar-refractivity contribution is 5.79. The number of carbonyl (C=O) groups excluding carboxylic acids is 1. The highest BCUT2D eigenvalue weighted by Crippen LogP contribution is 2.17. The molecule has 0 saturated carbocycles. The third kappa shape index (κ3) is 3.47. The van der Waals surface area contributed by atoms with Crippen molar-refractivity contribution in [2.75, 3.05) is 13.2 Å². The molecule has 1 saturated heterocycles. The van der Waals surface area contributed by atoms with Gasteiger partial charge in [-0.05, 0) is 31.0 Å². The van der Waals surface area contributed by atoms with Crippen molar-refractivity contribution >= 4 is 5.91 Å². The number of carbonyl (C=O) groups is 1. The number of hydrogen-bond acceptors (Lipinski definition) is 3. The molecule has 2 rings (SSSR count). The second-order valence-electron chi connectivity index (χ2n) is 5.10. The van der Waals surface area contributed by atoms with Gasteiger partial charge in [-0.3, -0.25) is 4.79 Å². The quantitative estimate of drug-likeness (QED) is 0.907. The number of rotatable bonds is 3. The fourth-order valence-corrected chi connectivity index (χ4v) is 2.43. The van der Waals surface area contributed by atoms with Crippen LogP contribution in [0.5, 0.6) is 5.75 Å². The second-order valence-corrected chi connectivity index (χ2v) is 5.10. The van der Waals surface area contributed by atoms with Crippen molar-refractivity contribution in [3.05, 3.63) is 29.8 Å². The van der Waals surface area contributed by atoms with Gasteiger partial charge in [-0.2, -0.15) is 0 Å². The van der Waals surface area contributed by atoms with E-state index < -0.39 is 0 Å². The maximum atomic E-state index is 12.4. The van der Waals surface area contributed by atoms with Crippen molar-refractivity contribution in [2.45, 2.75) is 38.8 Å². The van der Waals surface area contributed by atoms with Crippen LogP contribution in [-0.2, 0) is 16.0 Å². The largest absolute Gasteiger partial charge is 0.508 e. The molecule has 1 heterocycles. The standard InChI is InChI=1S/C15H21NO3/c1-3-13-10-19-11(2)9-16(13)15(18)8-12-5-4-6-14(17)7-12/h4-7,11,13,17H,3,8-10H2,1-2H3. The van der Waals surface area contributed by atoms with Crippen LogP contribution in [0.2, 0.25) is 0 Å². The Morgan fingerprint density at radius 3 is 3.00 bits per heavy atom. The first-order valence-electron chi connectivity index (χ1n) is 6.79. The molecule has 0 spiro atoms. The minimum atomic E-state index is 0.0935. The van der Waals surface area contributed by atoms with Crippen LogP contribution in [0, 0.1) is 0 Å². The summed E-state index contributed by atoms with van der Waals surface area (Å²) in [5, 5.41) is 9.43. The Bertz CT molecular complexity index is 447. The van der Waals surface area contributed by atoms with Gasteiger partial charge in [-0.25, -0.2) is 0 Å². The van der Waals surface area contributed by atoms with Crippen molar-refractivity contribution in [3.63, 3.8) is 0 Å². The third-order valence-corrected chi connectivity index (χ3v) is 3.53. The lowest BCUT2D eigenvalue weighted by Gasteiger charge is -2.38. The predicted molar refractivity (Wildman–Crippen MR) is 73.0 cm³/mol. The number of ether oxygens (including phenoxy) is 1. The molecule has 4 nitrogen and oxygen atoms in total. The smallest absolute Gasteiger partial charge is 0.227 e. The molecule has 0 aromatic heterocycles. The first-order chi connectivity index (χ1) is 9.10. The number of morpholine rings is 1. The highest BCUT2D eigenvalue weighted by Gasteiger charge is 2.29. The van der Waals surface area contributed by atoms with E-state index in [4.69, 9.17) is 4.74 Å². The summed E-state index contributed by atoms with van der Waals surface area (Å²) >= 11 is 0. The van der Waals surface area contributed by atoms with Gasteiger partial charge in [0.15, 0.2) is 0 Å². The summed E-state index contributed by atoms with van der Waals surface area (Å²) in [5.41, 5.74) is 0.846. The van der Waals surface area contributed by atoms with E-state index in [1.165, 1.54) is 0 Å². The Morgan fingerprint density at radius 2 is 2.32 bits per heavy atom. The molecule has 2 unspecified atom stereocenters. The SMILES string of the molecule is CCC1COC(C)CN1C(=O)Cc1cccc(O)c1. The van der Waals surface area contributed by atoms with Gasteiger partial charge in [0.2, 0.25) is 5.91 Å². The first-order valence-corrected chi connectivity index (χ1v) is 6.79. The lowest BCUT2D eigenvalue weighted by Crippen LogP contribution is -2.51. The predicted octanol–water partition coefficient (Wildman–Crippen LogP) is 1.96. The van der Waals surface area contributed by atoms with Crippen LogP contribution < -0.4 is 0 Å². The maximum absolute atomic E-state index is 12.4. The Morgan fingerprint density at radius 1 is 1.53 bits per heavy atom. The summed E-state index contributed by atoms with van der Waals surface area (Å²) in [4.78, 5) is 14.3. The van der Waals surface area contributed by atoms with Gasteiger partial charge >= 0.3 is 0 Å². The molecular weight excluding hydrogens is 242 g/mol.